The molecule has 23 heavy (non-hydrogen) atoms. The van der Waals surface area contributed by atoms with Crippen LogP contribution in [0.3, 0.4) is 0 Å². The molecule has 2 aliphatic rings. The minimum Gasteiger partial charge on any atom is -0.495 e. The number of ether oxygens (including phenoxy) is 1. The molecule has 2 nitrogen and oxygen atoms in total. The molecule has 1 heterocycles. The van der Waals surface area contributed by atoms with E-state index in [9.17, 15) is 0 Å². The summed E-state index contributed by atoms with van der Waals surface area (Å²) in [5, 5.41) is 4.56. The molecule has 0 fully saturated rings. The number of rotatable bonds is 2. The smallest absolute Gasteiger partial charge is 0.142 e. The lowest BCUT2D eigenvalue weighted by Crippen LogP contribution is -2.30. The van der Waals surface area contributed by atoms with E-state index in [0.717, 1.165) is 22.9 Å². The highest BCUT2D eigenvalue weighted by atomic mass is 35.5. The molecule has 4 rings (SSSR count). The number of anilines is 1. The van der Waals surface area contributed by atoms with Crippen LogP contribution in [0.4, 0.5) is 5.69 Å². The molecule has 2 aromatic rings. The summed E-state index contributed by atoms with van der Waals surface area (Å²) in [6.45, 7) is 2.18. The number of hydrogen-bond acceptors (Lipinski definition) is 2. The van der Waals surface area contributed by atoms with E-state index < -0.39 is 0 Å². The second-order valence-electron chi connectivity index (χ2n) is 6.37. The molecule has 0 saturated heterocycles. The molecular weight excluding hydrogens is 306 g/mol. The zero-order valence-electron chi connectivity index (χ0n) is 13.3. The largest absolute Gasteiger partial charge is 0.495 e. The first-order valence-corrected chi connectivity index (χ1v) is 8.43. The highest BCUT2D eigenvalue weighted by Gasteiger charge is 2.40. The lowest BCUT2D eigenvalue weighted by Gasteiger charge is -2.39. The number of hydrogen-bond donors (Lipinski definition) is 1. The molecule has 0 saturated carbocycles. The second kappa shape index (κ2) is 5.61. The van der Waals surface area contributed by atoms with Crippen LogP contribution in [0.2, 0.25) is 5.02 Å². The summed E-state index contributed by atoms with van der Waals surface area (Å²) >= 11 is 6.49. The van der Waals surface area contributed by atoms with Crippen LogP contribution in [0.15, 0.2) is 48.6 Å². The molecular formula is C20H20ClNO. The molecule has 3 atom stereocenters. The van der Waals surface area contributed by atoms with Gasteiger partial charge in [0.05, 0.1) is 18.8 Å². The van der Waals surface area contributed by atoms with Crippen molar-refractivity contribution in [2.24, 2.45) is 5.92 Å². The quantitative estimate of drug-likeness (QED) is 0.738. The lowest BCUT2D eigenvalue weighted by molar-refractivity contribution is 0.396. The van der Waals surface area contributed by atoms with Crippen LogP contribution in [0, 0.1) is 12.8 Å². The summed E-state index contributed by atoms with van der Waals surface area (Å²) in [6, 6.07) is 12.5. The predicted octanol–water partition coefficient (Wildman–Crippen LogP) is 5.48. The minimum absolute atomic E-state index is 0.201. The number of aryl methyl sites for hydroxylation is 1. The monoisotopic (exact) mass is 325 g/mol. The topological polar surface area (TPSA) is 21.3 Å². The average molecular weight is 326 g/mol. The van der Waals surface area contributed by atoms with Gasteiger partial charge in [-0.2, -0.15) is 0 Å². The Labute approximate surface area is 142 Å². The summed E-state index contributed by atoms with van der Waals surface area (Å²) in [7, 11) is 1.73. The molecule has 0 spiro atoms. The zero-order valence-corrected chi connectivity index (χ0v) is 14.1. The van der Waals surface area contributed by atoms with Crippen LogP contribution in [0.25, 0.3) is 0 Å². The lowest BCUT2D eigenvalue weighted by atomic mass is 9.75. The van der Waals surface area contributed by atoms with Gasteiger partial charge in [0.25, 0.3) is 0 Å². The van der Waals surface area contributed by atoms with E-state index in [1.165, 1.54) is 16.7 Å². The van der Waals surface area contributed by atoms with Gasteiger partial charge in [-0.25, -0.2) is 0 Å². The van der Waals surface area contributed by atoms with E-state index in [-0.39, 0.29) is 6.04 Å². The fraction of sp³-hybridized carbons (Fsp3) is 0.300. The number of methoxy groups -OCH3 is 1. The molecule has 3 heteroatoms. The van der Waals surface area contributed by atoms with Crippen molar-refractivity contribution in [3.8, 4) is 5.75 Å². The molecule has 2 aromatic carbocycles. The van der Waals surface area contributed by atoms with Crippen molar-refractivity contribution < 1.29 is 4.74 Å². The van der Waals surface area contributed by atoms with Gasteiger partial charge < -0.3 is 10.1 Å². The van der Waals surface area contributed by atoms with E-state index in [2.05, 4.69) is 42.6 Å². The number of benzene rings is 2. The van der Waals surface area contributed by atoms with Gasteiger partial charge in [-0.15, -0.1) is 0 Å². The van der Waals surface area contributed by atoms with Crippen LogP contribution < -0.4 is 10.1 Å². The SMILES string of the molecule is COc1ccc(C)c2c1N[C@H](c1ccccc1Cl)[C@H]1CC=C[C@H]21. The van der Waals surface area contributed by atoms with Gasteiger partial charge in [0.1, 0.15) is 5.75 Å². The van der Waals surface area contributed by atoms with Crippen LogP contribution in [0.5, 0.6) is 5.75 Å². The third-order valence-corrected chi connectivity index (χ3v) is 5.50. The molecule has 0 amide bonds. The normalized spacial score (nSPS) is 24.7. The Balaban J connectivity index is 1.88. The van der Waals surface area contributed by atoms with Gasteiger partial charge in [-0.05, 0) is 48.1 Å². The third-order valence-electron chi connectivity index (χ3n) is 5.16. The maximum atomic E-state index is 6.49. The van der Waals surface area contributed by atoms with Crippen molar-refractivity contribution in [2.75, 3.05) is 12.4 Å². The van der Waals surface area contributed by atoms with Gasteiger partial charge in [0, 0.05) is 10.9 Å². The van der Waals surface area contributed by atoms with E-state index in [1.54, 1.807) is 7.11 Å². The highest BCUT2D eigenvalue weighted by Crippen LogP contribution is 2.53. The van der Waals surface area contributed by atoms with Crippen molar-refractivity contribution in [1.29, 1.82) is 0 Å². The van der Waals surface area contributed by atoms with E-state index in [4.69, 9.17) is 16.3 Å². The van der Waals surface area contributed by atoms with Crippen molar-refractivity contribution >= 4 is 17.3 Å². The van der Waals surface area contributed by atoms with Crippen LogP contribution in [0.1, 0.15) is 35.1 Å². The summed E-state index contributed by atoms with van der Waals surface area (Å²) < 4.78 is 5.61. The Morgan fingerprint density at radius 1 is 1.17 bits per heavy atom. The predicted molar refractivity (Wildman–Crippen MR) is 95.5 cm³/mol. The maximum Gasteiger partial charge on any atom is 0.142 e. The Morgan fingerprint density at radius 3 is 2.78 bits per heavy atom. The van der Waals surface area contributed by atoms with Gasteiger partial charge in [-0.1, -0.05) is 48.0 Å². The van der Waals surface area contributed by atoms with E-state index in [1.807, 2.05) is 18.2 Å². The van der Waals surface area contributed by atoms with Crippen molar-refractivity contribution in [3.05, 3.63) is 70.3 Å². The average Bonchev–Trinajstić information content (AvgIpc) is 3.04. The number of halogens is 1. The summed E-state index contributed by atoms with van der Waals surface area (Å²) in [6.07, 6.45) is 5.72. The van der Waals surface area contributed by atoms with E-state index >= 15 is 0 Å². The standard InChI is InChI=1S/C20H20ClNO/c1-12-10-11-17(23-2)20-18(12)13-7-5-8-14(13)19(22-20)15-6-3-4-9-16(15)21/h3-7,9-11,13-14,19,22H,8H2,1-2H3/t13-,14-,19-/m0/s1. The van der Waals surface area contributed by atoms with Crippen molar-refractivity contribution in [3.63, 3.8) is 0 Å². The minimum atomic E-state index is 0.201. The van der Waals surface area contributed by atoms with Gasteiger partial charge in [0.15, 0.2) is 0 Å². The molecule has 118 valence electrons. The van der Waals surface area contributed by atoms with Crippen LogP contribution in [-0.2, 0) is 0 Å². The number of fused-ring (bicyclic) bond motifs is 3. The van der Waals surface area contributed by atoms with Gasteiger partial charge in [-0.3, -0.25) is 0 Å². The third kappa shape index (κ3) is 2.24. The van der Waals surface area contributed by atoms with E-state index in [0.29, 0.717) is 11.8 Å². The first kappa shape index (κ1) is 14.6. The molecule has 1 aliphatic carbocycles. The molecule has 0 aromatic heterocycles. The maximum absolute atomic E-state index is 6.49. The Hall–Kier alpha value is -1.93. The Kier molecular flexibility index (Phi) is 3.57. The molecule has 1 N–H and O–H groups in total. The first-order chi connectivity index (χ1) is 11.2. The van der Waals surface area contributed by atoms with Gasteiger partial charge in [0.2, 0.25) is 0 Å². The zero-order chi connectivity index (χ0) is 16.0. The molecule has 0 unspecified atom stereocenters. The fourth-order valence-electron chi connectivity index (χ4n) is 4.08. The summed E-state index contributed by atoms with van der Waals surface area (Å²) in [4.78, 5) is 0. The Bertz CT molecular complexity index is 783. The molecule has 1 aliphatic heterocycles. The summed E-state index contributed by atoms with van der Waals surface area (Å²) in [5.41, 5.74) is 4.96. The second-order valence-corrected chi connectivity index (χ2v) is 6.78. The number of allylic oxidation sites excluding steroid dienone is 2. The molecule has 0 radical (unpaired) electrons. The van der Waals surface area contributed by atoms with Crippen LogP contribution >= 0.6 is 11.6 Å². The Morgan fingerprint density at radius 2 is 2.00 bits per heavy atom. The number of nitrogens with one attached hydrogen (secondary N) is 1. The van der Waals surface area contributed by atoms with Crippen molar-refractivity contribution in [2.45, 2.75) is 25.3 Å². The highest BCUT2D eigenvalue weighted by molar-refractivity contribution is 6.31. The summed E-state index contributed by atoms with van der Waals surface area (Å²) in [5.74, 6) is 1.82. The molecule has 0 bridgehead atoms. The van der Waals surface area contributed by atoms with Crippen LogP contribution in [-0.4, -0.2) is 7.11 Å². The van der Waals surface area contributed by atoms with Crippen molar-refractivity contribution in [1.82, 2.24) is 0 Å². The fourth-order valence-corrected chi connectivity index (χ4v) is 4.33. The van der Waals surface area contributed by atoms with Gasteiger partial charge >= 0.3 is 0 Å². The first-order valence-electron chi connectivity index (χ1n) is 8.06.